The maximum atomic E-state index is 11.2. The van der Waals surface area contributed by atoms with E-state index in [1.807, 2.05) is 12.1 Å². The van der Waals surface area contributed by atoms with Crippen LogP contribution >= 0.6 is 27.5 Å². The summed E-state index contributed by atoms with van der Waals surface area (Å²) in [6.07, 6.45) is 0.694. The second kappa shape index (κ2) is 4.55. The van der Waals surface area contributed by atoms with Crippen LogP contribution in [0.2, 0.25) is 5.02 Å². The van der Waals surface area contributed by atoms with Gasteiger partial charge in [-0.3, -0.25) is 14.9 Å². The molecule has 0 unspecified atom stereocenters. The average Bonchev–Trinajstić information content (AvgIpc) is 2.20. The normalized spacial score (nSPS) is 17.4. The second-order valence-electron chi connectivity index (χ2n) is 3.75. The predicted octanol–water partition coefficient (Wildman–Crippen LogP) is 2.62. The van der Waals surface area contributed by atoms with Crippen LogP contribution in [0.1, 0.15) is 24.3 Å². The maximum Gasteiger partial charge on any atom is 0.227 e. The van der Waals surface area contributed by atoms with E-state index in [2.05, 4.69) is 21.2 Å². The number of hydrogen-bond donors (Lipinski definition) is 1. The molecule has 1 heterocycles. The van der Waals surface area contributed by atoms with Crippen LogP contribution < -0.4 is 5.32 Å². The van der Waals surface area contributed by atoms with Gasteiger partial charge in [0.2, 0.25) is 11.8 Å². The summed E-state index contributed by atoms with van der Waals surface area (Å²) in [6.45, 7) is 0. The van der Waals surface area contributed by atoms with E-state index >= 15 is 0 Å². The fourth-order valence-electron chi connectivity index (χ4n) is 1.78. The highest BCUT2D eigenvalue weighted by Gasteiger charge is 2.26. The molecule has 0 spiro atoms. The quantitative estimate of drug-likeness (QED) is 0.811. The summed E-state index contributed by atoms with van der Waals surface area (Å²) in [5, 5.41) is 2.91. The minimum Gasteiger partial charge on any atom is -0.296 e. The van der Waals surface area contributed by atoms with Gasteiger partial charge < -0.3 is 0 Å². The van der Waals surface area contributed by atoms with Crippen LogP contribution in [0.4, 0.5) is 0 Å². The molecular weight excluding hydrogens is 293 g/mol. The Balaban J connectivity index is 2.26. The van der Waals surface area contributed by atoms with Crippen molar-refractivity contribution in [3.8, 4) is 0 Å². The topological polar surface area (TPSA) is 46.2 Å². The summed E-state index contributed by atoms with van der Waals surface area (Å²) in [6, 6.07) is 5.47. The minimum absolute atomic E-state index is 0.0465. The van der Waals surface area contributed by atoms with Crippen LogP contribution in [0.25, 0.3) is 0 Å². The van der Waals surface area contributed by atoms with Gasteiger partial charge in [-0.15, -0.1) is 0 Å². The van der Waals surface area contributed by atoms with Crippen LogP contribution in [0.3, 0.4) is 0 Å². The van der Waals surface area contributed by atoms with Crippen LogP contribution in [0.15, 0.2) is 22.7 Å². The predicted molar refractivity (Wildman–Crippen MR) is 64.3 cm³/mol. The molecule has 0 radical (unpaired) electrons. The summed E-state index contributed by atoms with van der Waals surface area (Å²) in [7, 11) is 0. The van der Waals surface area contributed by atoms with Gasteiger partial charge in [-0.1, -0.05) is 17.7 Å². The van der Waals surface area contributed by atoms with Gasteiger partial charge in [0.05, 0.1) is 5.02 Å². The van der Waals surface area contributed by atoms with E-state index in [9.17, 15) is 9.59 Å². The zero-order valence-electron chi connectivity index (χ0n) is 8.30. The number of hydrogen-bond acceptors (Lipinski definition) is 2. The Morgan fingerprint density at radius 2 is 1.88 bits per heavy atom. The Morgan fingerprint density at radius 1 is 1.25 bits per heavy atom. The highest BCUT2D eigenvalue weighted by Crippen LogP contribution is 2.31. The largest absolute Gasteiger partial charge is 0.296 e. The Bertz CT molecular complexity index is 445. The van der Waals surface area contributed by atoms with Crippen molar-refractivity contribution in [2.24, 2.45) is 0 Å². The molecule has 0 aromatic heterocycles. The monoisotopic (exact) mass is 301 g/mol. The van der Waals surface area contributed by atoms with Crippen LogP contribution in [0.5, 0.6) is 0 Å². The highest BCUT2D eigenvalue weighted by atomic mass is 79.9. The summed E-state index contributed by atoms with van der Waals surface area (Å²) in [5.41, 5.74) is 0.958. The molecule has 1 aromatic rings. The first-order valence-corrected chi connectivity index (χ1v) is 6.01. The zero-order chi connectivity index (χ0) is 11.7. The standard InChI is InChI=1S/C11H9BrClNO2/c12-8-3-6(1-2-9(8)13)7-4-10(15)14-11(16)5-7/h1-3,7H,4-5H2,(H,14,15,16). The number of imide groups is 1. The molecular formula is C11H9BrClNO2. The van der Waals surface area contributed by atoms with Gasteiger partial charge in [-0.05, 0) is 33.6 Å². The zero-order valence-corrected chi connectivity index (χ0v) is 10.6. The number of amides is 2. The molecule has 1 aliphatic heterocycles. The third-order valence-corrected chi connectivity index (χ3v) is 3.77. The van der Waals surface area contributed by atoms with E-state index in [0.717, 1.165) is 10.0 Å². The molecule has 0 aliphatic carbocycles. The molecule has 1 aliphatic rings. The molecule has 1 fully saturated rings. The third-order valence-electron chi connectivity index (χ3n) is 2.56. The van der Waals surface area contributed by atoms with E-state index < -0.39 is 0 Å². The Labute approximate surface area is 106 Å². The van der Waals surface area contributed by atoms with Gasteiger partial charge in [-0.2, -0.15) is 0 Å². The molecule has 84 valence electrons. The number of rotatable bonds is 1. The van der Waals surface area contributed by atoms with Gasteiger partial charge >= 0.3 is 0 Å². The smallest absolute Gasteiger partial charge is 0.227 e. The van der Waals surface area contributed by atoms with Crippen LogP contribution in [0, 0.1) is 0 Å². The molecule has 1 aromatic carbocycles. The van der Waals surface area contributed by atoms with Crippen molar-refractivity contribution in [3.05, 3.63) is 33.3 Å². The Morgan fingerprint density at radius 3 is 2.44 bits per heavy atom. The summed E-state index contributed by atoms with van der Waals surface area (Å²) in [5.74, 6) is -0.477. The molecule has 2 rings (SSSR count). The van der Waals surface area contributed by atoms with Crippen molar-refractivity contribution < 1.29 is 9.59 Å². The van der Waals surface area contributed by atoms with E-state index in [-0.39, 0.29) is 17.7 Å². The number of carbonyl (C=O) groups excluding carboxylic acids is 2. The first-order chi connectivity index (χ1) is 7.56. The number of piperidine rings is 1. The lowest BCUT2D eigenvalue weighted by Gasteiger charge is -2.21. The number of carbonyl (C=O) groups is 2. The van der Waals surface area contributed by atoms with Crippen LogP contribution in [-0.4, -0.2) is 11.8 Å². The first-order valence-electron chi connectivity index (χ1n) is 4.84. The maximum absolute atomic E-state index is 11.2. The highest BCUT2D eigenvalue weighted by molar-refractivity contribution is 9.10. The number of benzene rings is 1. The lowest BCUT2D eigenvalue weighted by atomic mass is 9.89. The van der Waals surface area contributed by atoms with Crippen molar-refractivity contribution in [1.82, 2.24) is 5.32 Å². The molecule has 0 atom stereocenters. The van der Waals surface area contributed by atoms with E-state index in [0.29, 0.717) is 17.9 Å². The number of halogens is 2. The first kappa shape index (κ1) is 11.6. The third kappa shape index (κ3) is 2.44. The summed E-state index contributed by atoms with van der Waals surface area (Å²) >= 11 is 9.21. The fraction of sp³-hybridized carbons (Fsp3) is 0.273. The molecule has 0 saturated carbocycles. The molecule has 0 bridgehead atoms. The molecule has 2 amide bonds. The van der Waals surface area contributed by atoms with Gasteiger partial charge in [0.25, 0.3) is 0 Å². The lowest BCUT2D eigenvalue weighted by Crippen LogP contribution is -2.37. The van der Waals surface area contributed by atoms with E-state index in [4.69, 9.17) is 11.6 Å². The van der Waals surface area contributed by atoms with Crippen molar-refractivity contribution >= 4 is 39.3 Å². The molecule has 1 saturated heterocycles. The van der Waals surface area contributed by atoms with Crippen molar-refractivity contribution in [3.63, 3.8) is 0 Å². The van der Waals surface area contributed by atoms with Gasteiger partial charge in [-0.25, -0.2) is 0 Å². The van der Waals surface area contributed by atoms with Crippen molar-refractivity contribution in [2.45, 2.75) is 18.8 Å². The molecule has 16 heavy (non-hydrogen) atoms. The summed E-state index contributed by atoms with van der Waals surface area (Å²) < 4.78 is 0.782. The molecule has 1 N–H and O–H groups in total. The van der Waals surface area contributed by atoms with Crippen molar-refractivity contribution in [2.75, 3.05) is 0 Å². The van der Waals surface area contributed by atoms with Gasteiger partial charge in [0.1, 0.15) is 0 Å². The van der Waals surface area contributed by atoms with Crippen molar-refractivity contribution in [1.29, 1.82) is 0 Å². The molecule has 3 nitrogen and oxygen atoms in total. The summed E-state index contributed by atoms with van der Waals surface area (Å²) in [4.78, 5) is 22.5. The van der Waals surface area contributed by atoms with E-state index in [1.165, 1.54) is 0 Å². The minimum atomic E-state index is -0.215. The number of nitrogens with one attached hydrogen (secondary N) is 1. The second-order valence-corrected chi connectivity index (χ2v) is 5.01. The van der Waals surface area contributed by atoms with E-state index in [1.54, 1.807) is 6.07 Å². The average molecular weight is 303 g/mol. The van der Waals surface area contributed by atoms with Gasteiger partial charge in [0, 0.05) is 23.2 Å². The Kier molecular flexibility index (Phi) is 3.30. The lowest BCUT2D eigenvalue weighted by molar-refractivity contribution is -0.133. The van der Waals surface area contributed by atoms with Gasteiger partial charge in [0.15, 0.2) is 0 Å². The SMILES string of the molecule is O=C1CC(c2ccc(Cl)c(Br)c2)CC(=O)N1. The molecule has 5 heteroatoms. The fourth-order valence-corrected chi connectivity index (χ4v) is 2.29. The Hall–Kier alpha value is -0.870. The van der Waals surface area contributed by atoms with Crippen LogP contribution in [-0.2, 0) is 9.59 Å².